The molecule has 0 saturated carbocycles. The highest BCUT2D eigenvalue weighted by molar-refractivity contribution is 6.23. The zero-order valence-corrected chi connectivity index (χ0v) is 14.8. The molecular weight excluding hydrogens is 336 g/mol. The van der Waals surface area contributed by atoms with Crippen LogP contribution in [0.1, 0.15) is 46.0 Å². The van der Waals surface area contributed by atoms with Gasteiger partial charge in [0.05, 0.1) is 11.1 Å². The van der Waals surface area contributed by atoms with E-state index in [9.17, 15) is 19.2 Å². The summed E-state index contributed by atoms with van der Waals surface area (Å²) < 4.78 is 0. The van der Waals surface area contributed by atoms with Crippen LogP contribution in [0.3, 0.4) is 0 Å². The number of hydrogen-bond acceptors (Lipinski definition) is 6. The number of benzene rings is 1. The maximum Gasteiger partial charge on any atom is 0.262 e. The summed E-state index contributed by atoms with van der Waals surface area (Å²) in [5, 5.41) is 8.60. The molecule has 2 aliphatic heterocycles. The first kappa shape index (κ1) is 18.2. The molecule has 0 radical (unpaired) electrons. The quantitative estimate of drug-likeness (QED) is 0.607. The molecular formula is C18H22N4O4. The molecule has 1 saturated heterocycles. The Balaban J connectivity index is 1.75. The Morgan fingerprint density at radius 1 is 1.19 bits per heavy atom. The molecule has 1 unspecified atom stereocenters. The van der Waals surface area contributed by atoms with Crippen LogP contribution in [-0.4, -0.2) is 54.2 Å². The molecule has 3 rings (SSSR count). The van der Waals surface area contributed by atoms with E-state index in [0.717, 1.165) is 17.0 Å². The van der Waals surface area contributed by atoms with E-state index in [1.165, 1.54) is 0 Å². The number of amides is 4. The standard InChI is InChI=1S/C18H22N4O4/c1-10(19-2)8-20-9-11-3-4-12-13(7-11)18(26)22(17(12)25)14-5-6-15(23)21-16(14)24/h3-4,7,10,14,19-20H,5-6,8-9H2,1-2H3,(H,21,23,24)/t10-,14?/m0/s1. The fraction of sp³-hybridized carbons (Fsp3) is 0.444. The van der Waals surface area contributed by atoms with E-state index >= 15 is 0 Å². The second-order valence-corrected chi connectivity index (χ2v) is 6.65. The molecule has 2 aliphatic rings. The number of nitrogens with one attached hydrogen (secondary N) is 3. The number of piperidine rings is 1. The van der Waals surface area contributed by atoms with E-state index in [2.05, 4.69) is 22.9 Å². The van der Waals surface area contributed by atoms with Gasteiger partial charge in [-0.15, -0.1) is 0 Å². The molecule has 138 valence electrons. The summed E-state index contributed by atoms with van der Waals surface area (Å²) in [6.45, 7) is 3.39. The van der Waals surface area contributed by atoms with Crippen LogP contribution in [0.4, 0.5) is 0 Å². The molecule has 1 aromatic carbocycles. The second-order valence-electron chi connectivity index (χ2n) is 6.65. The second kappa shape index (κ2) is 7.35. The molecule has 2 atom stereocenters. The van der Waals surface area contributed by atoms with Gasteiger partial charge in [-0.25, -0.2) is 0 Å². The first-order valence-corrected chi connectivity index (χ1v) is 8.65. The lowest BCUT2D eigenvalue weighted by atomic mass is 10.0. The highest BCUT2D eigenvalue weighted by Crippen LogP contribution is 2.28. The Morgan fingerprint density at radius 3 is 2.62 bits per heavy atom. The van der Waals surface area contributed by atoms with Crippen molar-refractivity contribution in [3.63, 3.8) is 0 Å². The SMILES string of the molecule is CN[C@@H](C)CNCc1ccc2c(c1)C(=O)N(C1CCC(=O)NC1=O)C2=O. The van der Waals surface area contributed by atoms with Gasteiger partial charge in [-0.05, 0) is 38.1 Å². The normalized spacial score (nSPS) is 21.0. The van der Waals surface area contributed by atoms with Gasteiger partial charge in [0.2, 0.25) is 11.8 Å². The van der Waals surface area contributed by atoms with Gasteiger partial charge >= 0.3 is 0 Å². The third-order valence-electron chi connectivity index (χ3n) is 4.78. The number of imide groups is 2. The van der Waals surface area contributed by atoms with Crippen LogP contribution < -0.4 is 16.0 Å². The lowest BCUT2D eigenvalue weighted by Crippen LogP contribution is -2.54. The van der Waals surface area contributed by atoms with Gasteiger partial charge in [-0.3, -0.25) is 29.4 Å². The predicted octanol–water partition coefficient (Wildman–Crippen LogP) is -0.215. The number of carbonyl (C=O) groups excluding carboxylic acids is 4. The average Bonchev–Trinajstić information content (AvgIpc) is 2.86. The molecule has 1 aromatic rings. The minimum atomic E-state index is -0.932. The number of nitrogens with zero attached hydrogens (tertiary/aromatic N) is 1. The Kier molecular flexibility index (Phi) is 5.15. The van der Waals surface area contributed by atoms with Crippen molar-refractivity contribution in [1.29, 1.82) is 0 Å². The number of rotatable bonds is 6. The molecule has 0 spiro atoms. The molecule has 2 heterocycles. The van der Waals surface area contributed by atoms with Gasteiger partial charge in [-0.2, -0.15) is 0 Å². The molecule has 3 N–H and O–H groups in total. The largest absolute Gasteiger partial charge is 0.316 e. The number of fused-ring (bicyclic) bond motifs is 1. The van der Waals surface area contributed by atoms with Crippen molar-refractivity contribution in [2.45, 2.75) is 38.4 Å². The van der Waals surface area contributed by atoms with Gasteiger partial charge in [0.1, 0.15) is 6.04 Å². The molecule has 26 heavy (non-hydrogen) atoms. The van der Waals surface area contributed by atoms with Crippen LogP contribution in [0, 0.1) is 0 Å². The van der Waals surface area contributed by atoms with Crippen LogP contribution in [0.2, 0.25) is 0 Å². The zero-order valence-electron chi connectivity index (χ0n) is 14.8. The van der Waals surface area contributed by atoms with Crippen molar-refractivity contribution < 1.29 is 19.2 Å². The van der Waals surface area contributed by atoms with Crippen LogP contribution in [0.15, 0.2) is 18.2 Å². The molecule has 4 amide bonds. The Hall–Kier alpha value is -2.58. The summed E-state index contributed by atoms with van der Waals surface area (Å²) in [4.78, 5) is 49.6. The van der Waals surface area contributed by atoms with E-state index in [0.29, 0.717) is 23.7 Å². The fourth-order valence-corrected chi connectivity index (χ4v) is 3.16. The molecule has 8 heteroatoms. The van der Waals surface area contributed by atoms with Crippen molar-refractivity contribution in [2.24, 2.45) is 0 Å². The molecule has 0 aliphatic carbocycles. The van der Waals surface area contributed by atoms with Crippen molar-refractivity contribution >= 4 is 23.6 Å². The number of hydrogen-bond donors (Lipinski definition) is 3. The van der Waals surface area contributed by atoms with Crippen molar-refractivity contribution in [3.05, 3.63) is 34.9 Å². The van der Waals surface area contributed by atoms with Crippen LogP contribution >= 0.6 is 0 Å². The summed E-state index contributed by atoms with van der Waals surface area (Å²) in [5.74, 6) is -1.95. The van der Waals surface area contributed by atoms with Gasteiger partial charge < -0.3 is 10.6 Å². The minimum absolute atomic E-state index is 0.114. The molecule has 8 nitrogen and oxygen atoms in total. The zero-order chi connectivity index (χ0) is 18.8. The Bertz CT molecular complexity index is 776. The van der Waals surface area contributed by atoms with E-state index in [-0.39, 0.29) is 18.7 Å². The maximum absolute atomic E-state index is 12.7. The van der Waals surface area contributed by atoms with Gasteiger partial charge in [0.15, 0.2) is 0 Å². The van der Waals surface area contributed by atoms with Crippen molar-refractivity contribution in [1.82, 2.24) is 20.9 Å². The first-order valence-electron chi connectivity index (χ1n) is 8.65. The monoisotopic (exact) mass is 358 g/mol. The minimum Gasteiger partial charge on any atom is -0.316 e. The van der Waals surface area contributed by atoms with Crippen molar-refractivity contribution in [3.8, 4) is 0 Å². The highest BCUT2D eigenvalue weighted by Gasteiger charge is 2.44. The summed E-state index contributed by atoms with van der Waals surface area (Å²) in [6, 6.07) is 4.50. The van der Waals surface area contributed by atoms with Crippen LogP contribution in [0.5, 0.6) is 0 Å². The topological polar surface area (TPSA) is 108 Å². The average molecular weight is 358 g/mol. The lowest BCUT2D eigenvalue weighted by Gasteiger charge is -2.27. The summed E-state index contributed by atoms with van der Waals surface area (Å²) in [7, 11) is 1.88. The third kappa shape index (κ3) is 3.38. The fourth-order valence-electron chi connectivity index (χ4n) is 3.16. The maximum atomic E-state index is 12.7. The van der Waals surface area contributed by atoms with Gasteiger partial charge in [0, 0.05) is 25.6 Å². The van der Waals surface area contributed by atoms with Crippen LogP contribution in [0.25, 0.3) is 0 Å². The molecule has 0 aromatic heterocycles. The van der Waals surface area contributed by atoms with E-state index in [1.807, 2.05) is 7.05 Å². The van der Waals surface area contributed by atoms with Crippen molar-refractivity contribution in [2.75, 3.05) is 13.6 Å². The lowest BCUT2D eigenvalue weighted by molar-refractivity contribution is -0.136. The van der Waals surface area contributed by atoms with E-state index in [1.54, 1.807) is 18.2 Å². The first-order chi connectivity index (χ1) is 12.4. The summed E-state index contributed by atoms with van der Waals surface area (Å²) >= 11 is 0. The third-order valence-corrected chi connectivity index (χ3v) is 4.78. The number of likely N-dealkylation sites (N-methyl/N-ethyl adjacent to an activating group) is 1. The van der Waals surface area contributed by atoms with Crippen LogP contribution in [-0.2, 0) is 16.1 Å². The predicted molar refractivity (Wildman–Crippen MR) is 93.3 cm³/mol. The number of carbonyl (C=O) groups is 4. The smallest absolute Gasteiger partial charge is 0.262 e. The Labute approximate surface area is 151 Å². The van der Waals surface area contributed by atoms with Gasteiger partial charge in [0.25, 0.3) is 11.8 Å². The van der Waals surface area contributed by atoms with E-state index < -0.39 is 23.8 Å². The summed E-state index contributed by atoms with van der Waals surface area (Å²) in [6.07, 6.45) is 0.273. The molecule has 1 fully saturated rings. The summed E-state index contributed by atoms with van der Waals surface area (Å²) in [5.41, 5.74) is 1.49. The van der Waals surface area contributed by atoms with E-state index in [4.69, 9.17) is 0 Å². The highest BCUT2D eigenvalue weighted by atomic mass is 16.2. The van der Waals surface area contributed by atoms with Gasteiger partial charge in [-0.1, -0.05) is 6.07 Å². The Morgan fingerprint density at radius 2 is 1.92 bits per heavy atom. The molecule has 0 bridgehead atoms.